The molecule has 0 radical (unpaired) electrons. The molecular formula is C26H33F3NO6P. The van der Waals surface area contributed by atoms with E-state index in [9.17, 15) is 22.6 Å². The Balaban J connectivity index is 1.69. The van der Waals surface area contributed by atoms with Gasteiger partial charge in [0.2, 0.25) is 5.72 Å². The molecule has 0 spiro atoms. The van der Waals surface area contributed by atoms with Gasteiger partial charge in [0.05, 0.1) is 6.10 Å². The lowest BCUT2D eigenvalue weighted by Crippen LogP contribution is -2.31. The van der Waals surface area contributed by atoms with Gasteiger partial charge in [-0.15, -0.1) is 0 Å². The molecule has 204 valence electrons. The molecule has 2 atom stereocenters. The third-order valence-corrected chi connectivity index (χ3v) is 8.21. The van der Waals surface area contributed by atoms with Crippen LogP contribution in [0.2, 0.25) is 0 Å². The van der Waals surface area contributed by atoms with E-state index < -0.39 is 25.3 Å². The first-order chi connectivity index (χ1) is 17.1. The van der Waals surface area contributed by atoms with Crippen molar-refractivity contribution in [1.29, 1.82) is 0 Å². The van der Waals surface area contributed by atoms with Crippen LogP contribution in [0.5, 0.6) is 5.75 Å². The van der Waals surface area contributed by atoms with Crippen LogP contribution in [0.3, 0.4) is 0 Å². The van der Waals surface area contributed by atoms with E-state index in [1.165, 1.54) is 24.3 Å². The normalized spacial score (nSPS) is 26.5. The highest BCUT2D eigenvalue weighted by atomic mass is 31.2. The van der Waals surface area contributed by atoms with Gasteiger partial charge in [-0.2, -0.15) is 13.2 Å². The molecule has 37 heavy (non-hydrogen) atoms. The van der Waals surface area contributed by atoms with E-state index in [2.05, 4.69) is 30.3 Å². The summed E-state index contributed by atoms with van der Waals surface area (Å²) in [5.41, 5.74) is -2.18. The maximum absolute atomic E-state index is 14.3. The number of phosphoric ester groups is 1. The second kappa shape index (κ2) is 9.88. The highest BCUT2D eigenvalue weighted by molar-refractivity contribution is 7.47. The third kappa shape index (κ3) is 5.98. The molecule has 1 N–H and O–H groups in total. The molecule has 2 aliphatic rings. The molecular weight excluding hydrogens is 510 g/mol. The number of hydrogen-bond acceptors (Lipinski definition) is 6. The van der Waals surface area contributed by atoms with E-state index in [1.807, 2.05) is 0 Å². The fourth-order valence-electron chi connectivity index (χ4n) is 5.17. The minimum atomic E-state index is -4.66. The molecule has 1 heterocycles. The molecule has 0 amide bonds. The predicted molar refractivity (Wildman–Crippen MR) is 133 cm³/mol. The molecule has 1 saturated carbocycles. The lowest BCUT2D eigenvalue weighted by atomic mass is 9.72. The van der Waals surface area contributed by atoms with Gasteiger partial charge in [-0.3, -0.25) is 4.52 Å². The fourth-order valence-corrected chi connectivity index (χ4v) is 5.82. The average Bonchev–Trinajstić information content (AvgIpc) is 3.18. The Morgan fingerprint density at radius 2 is 1.78 bits per heavy atom. The second-order valence-corrected chi connectivity index (χ2v) is 12.3. The van der Waals surface area contributed by atoms with Crippen molar-refractivity contribution >= 4 is 24.5 Å². The van der Waals surface area contributed by atoms with Crippen molar-refractivity contribution in [1.82, 2.24) is 0 Å². The average molecular weight is 544 g/mol. The van der Waals surface area contributed by atoms with Gasteiger partial charge >= 0.3 is 14.0 Å². The van der Waals surface area contributed by atoms with E-state index in [-0.39, 0.29) is 46.1 Å². The summed E-state index contributed by atoms with van der Waals surface area (Å²) in [6, 6.07) is 7.02. The summed E-state index contributed by atoms with van der Waals surface area (Å²) in [4.78, 5) is 14.2. The van der Waals surface area contributed by atoms with Crippen LogP contribution >= 0.6 is 7.82 Å². The molecule has 1 fully saturated rings. The first-order valence-corrected chi connectivity index (χ1v) is 13.7. The van der Waals surface area contributed by atoms with E-state index >= 15 is 0 Å². The van der Waals surface area contributed by atoms with Gasteiger partial charge in [0, 0.05) is 19.6 Å². The maximum atomic E-state index is 14.3. The molecule has 0 bridgehead atoms. The number of alkyl halides is 3. The lowest BCUT2D eigenvalue weighted by molar-refractivity contribution is -0.138. The molecule has 0 aromatic heterocycles. The summed E-state index contributed by atoms with van der Waals surface area (Å²) < 4.78 is 76.3. The Kier molecular flexibility index (Phi) is 7.45. The number of rotatable bonds is 6. The first kappa shape index (κ1) is 27.9. The van der Waals surface area contributed by atoms with Crippen LogP contribution in [-0.4, -0.2) is 30.6 Å². The summed E-state index contributed by atoms with van der Waals surface area (Å²) in [7, 11) is -3.50. The minimum Gasteiger partial charge on any atom is -0.490 e. The van der Waals surface area contributed by atoms with E-state index in [4.69, 9.17) is 14.0 Å². The molecule has 1 aliphatic heterocycles. The Morgan fingerprint density at radius 1 is 1.11 bits per heavy atom. The number of hydrogen-bond donors (Lipinski definition) is 1. The lowest BCUT2D eigenvalue weighted by Gasteiger charge is -2.37. The number of benzene rings is 2. The third-order valence-electron chi connectivity index (χ3n) is 7.22. The Labute approximate surface area is 214 Å². The highest BCUT2D eigenvalue weighted by Crippen LogP contribution is 2.52. The van der Waals surface area contributed by atoms with Gasteiger partial charge in [-0.25, -0.2) is 14.1 Å². The molecule has 1 aliphatic carbocycles. The van der Waals surface area contributed by atoms with Crippen molar-refractivity contribution in [2.45, 2.75) is 71.4 Å². The number of nitrogens with zero attached hydrogens (tertiary/aromatic N) is 1. The van der Waals surface area contributed by atoms with Crippen LogP contribution in [0.4, 0.5) is 13.2 Å². The van der Waals surface area contributed by atoms with Crippen molar-refractivity contribution in [3.8, 4) is 5.75 Å². The predicted octanol–water partition coefficient (Wildman–Crippen LogP) is 7.21. The van der Waals surface area contributed by atoms with Gasteiger partial charge in [0.15, 0.2) is 5.90 Å². The first-order valence-electron chi connectivity index (χ1n) is 12.2. The van der Waals surface area contributed by atoms with E-state index in [0.29, 0.717) is 18.8 Å². The number of aliphatic imine (C=N–C) groups is 1. The summed E-state index contributed by atoms with van der Waals surface area (Å²) >= 11 is 0. The largest absolute Gasteiger partial charge is 0.490 e. The highest BCUT2D eigenvalue weighted by Gasteiger charge is 2.46. The Bertz CT molecular complexity index is 1230. The minimum absolute atomic E-state index is 0.0502. The number of halogens is 3. The van der Waals surface area contributed by atoms with Crippen molar-refractivity contribution in [3.63, 3.8) is 0 Å². The van der Waals surface area contributed by atoms with E-state index in [1.54, 1.807) is 13.0 Å². The summed E-state index contributed by atoms with van der Waals surface area (Å²) in [5, 5.41) is 0.201. The van der Waals surface area contributed by atoms with Gasteiger partial charge in [-0.05, 0) is 59.9 Å². The van der Waals surface area contributed by atoms with Crippen LogP contribution in [-0.2, 0) is 30.3 Å². The van der Waals surface area contributed by atoms with Crippen LogP contribution in [0, 0.1) is 11.3 Å². The van der Waals surface area contributed by atoms with Gasteiger partial charge in [0.25, 0.3) is 0 Å². The molecule has 7 nitrogen and oxygen atoms in total. The molecule has 2 unspecified atom stereocenters. The summed E-state index contributed by atoms with van der Waals surface area (Å²) in [5.74, 6) is 0.518. The topological polar surface area (TPSA) is 86.6 Å². The van der Waals surface area contributed by atoms with Crippen molar-refractivity contribution in [2.75, 3.05) is 13.7 Å². The van der Waals surface area contributed by atoms with Gasteiger partial charge < -0.3 is 14.4 Å². The van der Waals surface area contributed by atoms with Gasteiger partial charge in [0.1, 0.15) is 17.9 Å². The van der Waals surface area contributed by atoms with Crippen LogP contribution in [0.25, 0.3) is 10.8 Å². The molecule has 2 aromatic carbocycles. The molecule has 11 heteroatoms. The Hall–Kier alpha value is -2.13. The fraction of sp³-hybridized carbons (Fsp3) is 0.577. The second-order valence-electron chi connectivity index (χ2n) is 10.8. The van der Waals surface area contributed by atoms with Crippen molar-refractivity contribution in [2.24, 2.45) is 16.3 Å². The maximum Gasteiger partial charge on any atom is 0.474 e. The van der Waals surface area contributed by atoms with Crippen LogP contribution in [0.1, 0.15) is 64.5 Å². The van der Waals surface area contributed by atoms with Crippen LogP contribution < -0.4 is 4.74 Å². The zero-order valence-corrected chi connectivity index (χ0v) is 22.5. The standard InChI is InChI=1S/C26H33F3NO6P/c1-16-30-25(15-34-16,36-37(31,32)33-5)19-9-12-21-17(14-19)6-13-22(23(21)26(27,28)29)35-20-10-7-18(8-11-20)24(2,3)4/h6,9,12-14,18,20H,7-8,10-11,15H2,1-5H3,(H,31,32). The zero-order chi connectivity index (χ0) is 27.2. The van der Waals surface area contributed by atoms with Gasteiger partial charge in [-0.1, -0.05) is 39.0 Å². The van der Waals surface area contributed by atoms with E-state index in [0.717, 1.165) is 20.0 Å². The van der Waals surface area contributed by atoms with Crippen molar-refractivity contribution < 1.29 is 41.2 Å². The van der Waals surface area contributed by atoms with Crippen molar-refractivity contribution in [3.05, 3.63) is 41.5 Å². The SMILES string of the molecule is COP(=O)(O)OC1(c2ccc3c(C(F)(F)F)c(OC4CCC(C(C)(C)C)CC4)ccc3c2)COC(C)=N1. The molecule has 4 rings (SSSR count). The van der Waals surface area contributed by atoms with Crippen LogP contribution in [0.15, 0.2) is 35.3 Å². The number of ether oxygens (including phenoxy) is 2. The molecule has 2 aromatic rings. The number of fused-ring (bicyclic) bond motifs is 1. The zero-order valence-electron chi connectivity index (χ0n) is 21.6. The number of phosphoric acid groups is 1. The smallest absolute Gasteiger partial charge is 0.474 e. The summed E-state index contributed by atoms with van der Waals surface area (Å²) in [6.45, 7) is 7.87. The monoisotopic (exact) mass is 543 g/mol. The summed E-state index contributed by atoms with van der Waals surface area (Å²) in [6.07, 6.45) is -1.72. The molecule has 0 saturated heterocycles. The Morgan fingerprint density at radius 3 is 2.32 bits per heavy atom. The quantitative estimate of drug-likeness (QED) is 0.388.